The first-order valence-electron chi connectivity index (χ1n) is 7.00. The van der Waals surface area contributed by atoms with E-state index in [1.54, 1.807) is 13.0 Å². The Bertz CT molecular complexity index is 649. The van der Waals surface area contributed by atoms with Crippen LogP contribution in [0.5, 0.6) is 0 Å². The SMILES string of the molecule is Cc1ccc(S(=O)(=O)N2CCCCC2CN)cc1C(N)=O.Cl. The third-order valence-corrected chi connectivity index (χ3v) is 5.87. The van der Waals surface area contributed by atoms with Gasteiger partial charge in [-0.2, -0.15) is 4.31 Å². The number of amides is 1. The smallest absolute Gasteiger partial charge is 0.249 e. The summed E-state index contributed by atoms with van der Waals surface area (Å²) < 4.78 is 27.0. The van der Waals surface area contributed by atoms with Gasteiger partial charge in [0.05, 0.1) is 4.90 Å². The number of carbonyl (C=O) groups excluding carboxylic acids is 1. The van der Waals surface area contributed by atoms with Crippen molar-refractivity contribution in [3.8, 4) is 0 Å². The highest BCUT2D eigenvalue weighted by Gasteiger charge is 2.33. The van der Waals surface area contributed by atoms with E-state index < -0.39 is 15.9 Å². The fourth-order valence-electron chi connectivity index (χ4n) is 2.69. The number of halogens is 1. The van der Waals surface area contributed by atoms with Gasteiger partial charge in [0.1, 0.15) is 0 Å². The van der Waals surface area contributed by atoms with Gasteiger partial charge in [0.25, 0.3) is 0 Å². The van der Waals surface area contributed by atoms with Crippen LogP contribution in [-0.2, 0) is 10.0 Å². The summed E-state index contributed by atoms with van der Waals surface area (Å²) in [6.45, 7) is 2.48. The Hall–Kier alpha value is -1.15. The second-order valence-corrected chi connectivity index (χ2v) is 7.23. The summed E-state index contributed by atoms with van der Waals surface area (Å²) in [7, 11) is -3.65. The monoisotopic (exact) mass is 347 g/mol. The molecule has 8 heteroatoms. The predicted molar refractivity (Wildman–Crippen MR) is 87.5 cm³/mol. The summed E-state index contributed by atoms with van der Waals surface area (Å²) >= 11 is 0. The summed E-state index contributed by atoms with van der Waals surface area (Å²) in [5.41, 5.74) is 11.9. The van der Waals surface area contributed by atoms with Crippen LogP contribution in [0.25, 0.3) is 0 Å². The van der Waals surface area contributed by atoms with Gasteiger partial charge in [-0.25, -0.2) is 8.42 Å². The summed E-state index contributed by atoms with van der Waals surface area (Å²) in [4.78, 5) is 11.5. The Kier molecular flexibility index (Phi) is 6.37. The zero-order valence-electron chi connectivity index (χ0n) is 12.5. The van der Waals surface area contributed by atoms with Crippen LogP contribution in [0.4, 0.5) is 0 Å². The van der Waals surface area contributed by atoms with Crippen molar-refractivity contribution in [2.24, 2.45) is 11.5 Å². The number of carbonyl (C=O) groups is 1. The first kappa shape index (κ1) is 18.9. The van der Waals surface area contributed by atoms with E-state index in [2.05, 4.69) is 0 Å². The lowest BCUT2D eigenvalue weighted by atomic mass is 10.1. The fourth-order valence-corrected chi connectivity index (χ4v) is 4.42. The van der Waals surface area contributed by atoms with Gasteiger partial charge < -0.3 is 11.5 Å². The van der Waals surface area contributed by atoms with Crippen molar-refractivity contribution in [2.45, 2.75) is 37.1 Å². The lowest BCUT2D eigenvalue weighted by Crippen LogP contribution is -2.47. The van der Waals surface area contributed by atoms with Gasteiger partial charge in [-0.05, 0) is 37.5 Å². The molecule has 0 aliphatic carbocycles. The van der Waals surface area contributed by atoms with Gasteiger partial charge in [0.15, 0.2) is 0 Å². The lowest BCUT2D eigenvalue weighted by molar-refractivity contribution is 0.0999. The van der Waals surface area contributed by atoms with Gasteiger partial charge in [0.2, 0.25) is 15.9 Å². The molecule has 22 heavy (non-hydrogen) atoms. The van der Waals surface area contributed by atoms with E-state index in [1.807, 2.05) is 0 Å². The zero-order valence-corrected chi connectivity index (χ0v) is 14.1. The number of sulfonamides is 1. The van der Waals surface area contributed by atoms with Crippen LogP contribution in [-0.4, -0.2) is 37.8 Å². The van der Waals surface area contributed by atoms with Crippen LogP contribution in [0.15, 0.2) is 23.1 Å². The third-order valence-electron chi connectivity index (χ3n) is 3.93. The molecule has 0 aromatic heterocycles. The van der Waals surface area contributed by atoms with Crippen LogP contribution >= 0.6 is 12.4 Å². The molecule has 0 saturated carbocycles. The fraction of sp³-hybridized carbons (Fsp3) is 0.500. The molecule has 0 bridgehead atoms. The minimum absolute atomic E-state index is 0. The normalized spacial score (nSPS) is 19.5. The molecule has 1 fully saturated rings. The first-order chi connectivity index (χ1) is 9.87. The summed E-state index contributed by atoms with van der Waals surface area (Å²) in [5.74, 6) is -0.626. The van der Waals surface area contributed by atoms with E-state index in [0.29, 0.717) is 18.7 Å². The van der Waals surface area contributed by atoms with Gasteiger partial charge in [-0.3, -0.25) is 4.79 Å². The highest BCUT2D eigenvalue weighted by atomic mass is 35.5. The van der Waals surface area contributed by atoms with Gasteiger partial charge in [0, 0.05) is 24.7 Å². The number of nitrogens with zero attached hydrogens (tertiary/aromatic N) is 1. The number of primary amides is 1. The number of piperidine rings is 1. The molecule has 4 N–H and O–H groups in total. The van der Waals surface area contributed by atoms with Crippen LogP contribution in [0.3, 0.4) is 0 Å². The zero-order chi connectivity index (χ0) is 15.6. The second-order valence-electron chi connectivity index (χ2n) is 5.34. The second kappa shape index (κ2) is 7.41. The minimum atomic E-state index is -3.65. The molecule has 0 spiro atoms. The van der Waals surface area contributed by atoms with E-state index in [1.165, 1.54) is 16.4 Å². The Balaban J connectivity index is 0.00000242. The molecule has 1 aliphatic rings. The first-order valence-corrected chi connectivity index (χ1v) is 8.44. The Morgan fingerprint density at radius 1 is 1.36 bits per heavy atom. The summed E-state index contributed by atoms with van der Waals surface area (Å²) in [6, 6.07) is 4.30. The molecule has 0 radical (unpaired) electrons. The molecule has 6 nitrogen and oxygen atoms in total. The van der Waals surface area contributed by atoms with E-state index in [-0.39, 0.29) is 28.9 Å². The number of benzene rings is 1. The maximum absolute atomic E-state index is 12.8. The molecule has 1 aromatic rings. The van der Waals surface area contributed by atoms with Crippen molar-refractivity contribution in [2.75, 3.05) is 13.1 Å². The maximum atomic E-state index is 12.8. The Morgan fingerprint density at radius 2 is 2.05 bits per heavy atom. The molecule has 1 aliphatic heterocycles. The topological polar surface area (TPSA) is 106 Å². The third kappa shape index (κ3) is 3.60. The molecule has 124 valence electrons. The molecule has 1 atom stereocenters. The van der Waals surface area contributed by atoms with Gasteiger partial charge in [-0.1, -0.05) is 12.5 Å². The molecule has 1 amide bonds. The van der Waals surface area contributed by atoms with Crippen molar-refractivity contribution < 1.29 is 13.2 Å². The van der Waals surface area contributed by atoms with Crippen LogP contribution in [0, 0.1) is 6.92 Å². The average Bonchev–Trinajstić information content (AvgIpc) is 2.47. The van der Waals surface area contributed by atoms with Gasteiger partial charge >= 0.3 is 0 Å². The number of aryl methyl sites for hydroxylation is 1. The molecule has 1 heterocycles. The van der Waals surface area contributed by atoms with Crippen LogP contribution in [0.2, 0.25) is 0 Å². The van der Waals surface area contributed by atoms with E-state index in [9.17, 15) is 13.2 Å². The summed E-state index contributed by atoms with van der Waals surface area (Å²) in [5, 5.41) is 0. The van der Waals surface area contributed by atoms with E-state index in [0.717, 1.165) is 19.3 Å². The molecule has 1 aromatic carbocycles. The molecule has 2 rings (SSSR count). The van der Waals surface area contributed by atoms with Crippen molar-refractivity contribution in [3.63, 3.8) is 0 Å². The van der Waals surface area contributed by atoms with E-state index in [4.69, 9.17) is 11.5 Å². The number of hydrogen-bond donors (Lipinski definition) is 2. The van der Waals surface area contributed by atoms with Crippen LogP contribution in [0.1, 0.15) is 35.2 Å². The quantitative estimate of drug-likeness (QED) is 0.847. The van der Waals surface area contributed by atoms with E-state index >= 15 is 0 Å². The molecule has 1 saturated heterocycles. The molecular formula is C14H22ClN3O3S. The highest BCUT2D eigenvalue weighted by molar-refractivity contribution is 7.89. The molecular weight excluding hydrogens is 326 g/mol. The van der Waals surface area contributed by atoms with Crippen LogP contribution < -0.4 is 11.5 Å². The minimum Gasteiger partial charge on any atom is -0.366 e. The van der Waals surface area contributed by atoms with Crippen molar-refractivity contribution in [3.05, 3.63) is 29.3 Å². The Labute approximate surface area is 137 Å². The number of hydrogen-bond acceptors (Lipinski definition) is 4. The predicted octanol–water partition coefficient (Wildman–Crippen LogP) is 1.02. The Morgan fingerprint density at radius 3 is 2.64 bits per heavy atom. The standard InChI is InChI=1S/C14H21N3O3S.ClH/c1-10-5-6-12(8-13(10)14(16)18)21(19,20)17-7-3-2-4-11(17)9-15;/h5-6,8,11H,2-4,7,9,15H2,1H3,(H2,16,18);1H. The summed E-state index contributed by atoms with van der Waals surface area (Å²) in [6.07, 6.45) is 2.57. The largest absolute Gasteiger partial charge is 0.366 e. The lowest BCUT2D eigenvalue weighted by Gasteiger charge is -2.34. The van der Waals surface area contributed by atoms with Crippen molar-refractivity contribution >= 4 is 28.3 Å². The van der Waals surface area contributed by atoms with Crippen molar-refractivity contribution in [1.29, 1.82) is 0 Å². The number of rotatable bonds is 4. The van der Waals surface area contributed by atoms with Gasteiger partial charge in [-0.15, -0.1) is 12.4 Å². The maximum Gasteiger partial charge on any atom is 0.249 e. The molecule has 1 unspecified atom stereocenters. The number of nitrogens with two attached hydrogens (primary N) is 2. The van der Waals surface area contributed by atoms with Crippen molar-refractivity contribution in [1.82, 2.24) is 4.31 Å². The average molecular weight is 348 g/mol. The highest BCUT2D eigenvalue weighted by Crippen LogP contribution is 2.26.